The van der Waals surface area contributed by atoms with E-state index in [4.69, 9.17) is 4.74 Å². The molecule has 1 aromatic heterocycles. The van der Waals surface area contributed by atoms with Crippen molar-refractivity contribution in [1.82, 2.24) is 9.88 Å². The Balaban J connectivity index is 1.41. The molecule has 6 nitrogen and oxygen atoms in total. The summed E-state index contributed by atoms with van der Waals surface area (Å²) in [4.78, 5) is 30.9. The van der Waals surface area contributed by atoms with Crippen LogP contribution in [0.5, 0.6) is 5.75 Å². The Kier molecular flexibility index (Phi) is 8.09. The second kappa shape index (κ2) is 11.4. The van der Waals surface area contributed by atoms with Crippen LogP contribution in [0.25, 0.3) is 10.9 Å². The molecule has 1 fully saturated rings. The number of methoxy groups -OCH3 is 1. The third-order valence-electron chi connectivity index (χ3n) is 6.61. The minimum absolute atomic E-state index is 0.00731. The molecule has 9 heteroatoms. The predicted molar refractivity (Wildman–Crippen MR) is 131 cm³/mol. The van der Waals surface area contributed by atoms with E-state index in [-0.39, 0.29) is 36.6 Å². The summed E-state index contributed by atoms with van der Waals surface area (Å²) in [5, 5.41) is 10.2. The summed E-state index contributed by atoms with van der Waals surface area (Å²) < 4.78 is 46.5. The molecule has 2 atom stereocenters. The van der Waals surface area contributed by atoms with Gasteiger partial charge in [0.2, 0.25) is 0 Å². The van der Waals surface area contributed by atoms with Crippen molar-refractivity contribution >= 4 is 22.7 Å². The summed E-state index contributed by atoms with van der Waals surface area (Å²) >= 11 is 0. The maximum atomic E-state index is 14.6. The summed E-state index contributed by atoms with van der Waals surface area (Å²) in [5.41, 5.74) is 0.593. The van der Waals surface area contributed by atoms with Crippen LogP contribution in [0.4, 0.5) is 13.2 Å². The Morgan fingerprint density at radius 1 is 1.16 bits per heavy atom. The zero-order valence-corrected chi connectivity index (χ0v) is 20.1. The van der Waals surface area contributed by atoms with Crippen LogP contribution >= 0.6 is 0 Å². The van der Waals surface area contributed by atoms with E-state index < -0.39 is 35.1 Å². The fourth-order valence-corrected chi connectivity index (χ4v) is 4.72. The van der Waals surface area contributed by atoms with Gasteiger partial charge >= 0.3 is 5.97 Å². The van der Waals surface area contributed by atoms with Crippen LogP contribution < -0.4 is 4.74 Å². The Morgan fingerprint density at radius 3 is 2.62 bits per heavy atom. The molecule has 0 radical (unpaired) electrons. The van der Waals surface area contributed by atoms with E-state index in [1.54, 1.807) is 18.2 Å². The number of nitrogens with zero attached hydrogens (tertiary/aromatic N) is 2. The van der Waals surface area contributed by atoms with Crippen molar-refractivity contribution in [1.29, 1.82) is 0 Å². The number of halogens is 3. The Morgan fingerprint density at radius 2 is 1.92 bits per heavy atom. The molecule has 2 heterocycles. The van der Waals surface area contributed by atoms with Crippen LogP contribution in [0, 0.1) is 41.1 Å². The van der Waals surface area contributed by atoms with Crippen LogP contribution in [-0.4, -0.2) is 53.5 Å². The lowest BCUT2D eigenvalue weighted by atomic mass is 9.81. The number of carboxylic acids is 1. The van der Waals surface area contributed by atoms with Gasteiger partial charge in [-0.05, 0) is 55.6 Å². The molecule has 192 valence electrons. The van der Waals surface area contributed by atoms with Crippen molar-refractivity contribution in [3.63, 3.8) is 0 Å². The monoisotopic (exact) mass is 510 g/mol. The number of likely N-dealkylation sites (tertiary alicyclic amines) is 1. The number of hydrogen-bond acceptors (Lipinski definition) is 5. The number of benzene rings is 2. The van der Waals surface area contributed by atoms with Crippen molar-refractivity contribution in [2.24, 2.45) is 11.8 Å². The molecular weight excluding hydrogens is 485 g/mol. The van der Waals surface area contributed by atoms with Gasteiger partial charge in [-0.3, -0.25) is 19.5 Å². The zero-order valence-electron chi connectivity index (χ0n) is 20.1. The highest BCUT2D eigenvalue weighted by molar-refractivity contribution is 6.07. The number of carbonyl (C=O) groups excluding carboxylic acids is 1. The predicted octanol–water partition coefficient (Wildman–Crippen LogP) is 4.70. The van der Waals surface area contributed by atoms with E-state index in [1.807, 2.05) is 4.90 Å². The highest BCUT2D eigenvalue weighted by atomic mass is 19.1. The van der Waals surface area contributed by atoms with Crippen molar-refractivity contribution in [2.75, 3.05) is 26.7 Å². The van der Waals surface area contributed by atoms with Crippen molar-refractivity contribution in [2.45, 2.75) is 19.3 Å². The minimum Gasteiger partial charge on any atom is -0.497 e. The normalized spacial score (nSPS) is 17.7. The number of aromatic nitrogens is 1. The van der Waals surface area contributed by atoms with Gasteiger partial charge < -0.3 is 9.84 Å². The van der Waals surface area contributed by atoms with Gasteiger partial charge in [0.05, 0.1) is 36.8 Å². The number of pyridine rings is 1. The molecule has 0 bridgehead atoms. The molecule has 0 spiro atoms. The van der Waals surface area contributed by atoms with Gasteiger partial charge in [-0.2, -0.15) is 0 Å². The first-order valence-corrected chi connectivity index (χ1v) is 11.8. The number of aliphatic carboxylic acids is 1. The third kappa shape index (κ3) is 6.27. The molecule has 4 rings (SSSR count). The molecule has 1 aliphatic heterocycles. The molecule has 3 aromatic rings. The molecule has 1 N–H and O–H groups in total. The smallest absolute Gasteiger partial charge is 0.308 e. The van der Waals surface area contributed by atoms with Gasteiger partial charge in [-0.25, -0.2) is 13.2 Å². The number of ketones is 1. The number of piperidine rings is 1. The lowest BCUT2D eigenvalue weighted by Crippen LogP contribution is -2.44. The minimum atomic E-state index is -0.979. The lowest BCUT2D eigenvalue weighted by Gasteiger charge is -2.35. The van der Waals surface area contributed by atoms with Crippen LogP contribution in [-0.2, 0) is 4.79 Å². The second-order valence-electron chi connectivity index (χ2n) is 9.01. The maximum absolute atomic E-state index is 14.6. The SMILES string of the molecule is COc1ccc2ncc(F)c(C(=O)CCC3CCN(CC#Cc4cc(F)cc(F)c4)CC3C(=O)O)c2c1. The number of carboxylic acid groups (broad SMARTS) is 1. The number of carbonyl (C=O) groups is 2. The number of rotatable bonds is 7. The molecule has 1 saturated heterocycles. The van der Waals surface area contributed by atoms with Gasteiger partial charge in [0.25, 0.3) is 0 Å². The van der Waals surface area contributed by atoms with E-state index in [0.717, 1.165) is 24.4 Å². The summed E-state index contributed by atoms with van der Waals surface area (Å²) in [5.74, 6) is 1.45. The van der Waals surface area contributed by atoms with Crippen molar-refractivity contribution in [3.05, 3.63) is 71.2 Å². The fraction of sp³-hybridized carbons (Fsp3) is 0.321. The van der Waals surface area contributed by atoms with Crippen LogP contribution in [0.2, 0.25) is 0 Å². The number of fused-ring (bicyclic) bond motifs is 1. The average molecular weight is 511 g/mol. The van der Waals surface area contributed by atoms with Crippen molar-refractivity contribution in [3.8, 4) is 17.6 Å². The largest absolute Gasteiger partial charge is 0.497 e. The molecule has 0 aliphatic carbocycles. The van der Waals surface area contributed by atoms with Gasteiger partial charge in [-0.15, -0.1) is 0 Å². The Bertz CT molecular complexity index is 1380. The molecule has 2 unspecified atom stereocenters. The van der Waals surface area contributed by atoms with Gasteiger partial charge in [-0.1, -0.05) is 11.8 Å². The van der Waals surface area contributed by atoms with E-state index >= 15 is 0 Å². The van der Waals surface area contributed by atoms with Crippen LogP contribution in [0.3, 0.4) is 0 Å². The Labute approximate surface area is 212 Å². The van der Waals surface area contributed by atoms with E-state index in [1.165, 1.54) is 7.11 Å². The lowest BCUT2D eigenvalue weighted by molar-refractivity contribution is -0.146. The maximum Gasteiger partial charge on any atom is 0.308 e. The standard InChI is InChI=1S/C28H25F3N2O4/c1-37-21-5-6-25-22(14-21)27(24(31)15-32-25)26(34)7-4-18-8-10-33(16-23(18)28(35)36)9-2-3-17-11-19(29)13-20(30)12-17/h5-6,11-15,18,23H,4,7-10,16H2,1H3,(H,35,36). The highest BCUT2D eigenvalue weighted by Crippen LogP contribution is 2.30. The molecular formula is C28H25F3N2O4. The summed E-state index contributed by atoms with van der Waals surface area (Å²) in [6.07, 6.45) is 1.82. The highest BCUT2D eigenvalue weighted by Gasteiger charge is 2.34. The first kappa shape index (κ1) is 26.2. The van der Waals surface area contributed by atoms with Crippen LogP contribution in [0.1, 0.15) is 35.2 Å². The van der Waals surface area contributed by atoms with Gasteiger partial charge in [0.15, 0.2) is 11.6 Å². The summed E-state index contributed by atoms with van der Waals surface area (Å²) in [6, 6.07) is 7.91. The first-order valence-electron chi connectivity index (χ1n) is 11.8. The quantitative estimate of drug-likeness (QED) is 0.367. The summed E-state index contributed by atoms with van der Waals surface area (Å²) in [6.45, 7) is 1.02. The summed E-state index contributed by atoms with van der Waals surface area (Å²) in [7, 11) is 1.47. The molecule has 37 heavy (non-hydrogen) atoms. The number of ether oxygens (including phenoxy) is 1. The number of Topliss-reactive ketones (excluding diaryl/α,β-unsaturated/α-hetero) is 1. The van der Waals surface area contributed by atoms with Gasteiger partial charge in [0.1, 0.15) is 17.4 Å². The molecule has 2 aromatic carbocycles. The van der Waals surface area contributed by atoms with E-state index in [0.29, 0.717) is 36.0 Å². The van der Waals surface area contributed by atoms with E-state index in [9.17, 15) is 27.9 Å². The molecule has 0 amide bonds. The second-order valence-corrected chi connectivity index (χ2v) is 9.01. The molecule has 1 aliphatic rings. The average Bonchev–Trinajstić information content (AvgIpc) is 2.86. The first-order chi connectivity index (χ1) is 17.7. The number of hydrogen-bond donors (Lipinski definition) is 1. The fourth-order valence-electron chi connectivity index (χ4n) is 4.72. The zero-order chi connectivity index (χ0) is 26.5. The Hall–Kier alpha value is -3.90. The topological polar surface area (TPSA) is 79.7 Å². The van der Waals surface area contributed by atoms with Crippen molar-refractivity contribution < 1.29 is 32.6 Å². The third-order valence-corrected chi connectivity index (χ3v) is 6.61. The van der Waals surface area contributed by atoms with Crippen LogP contribution in [0.15, 0.2) is 42.6 Å². The van der Waals surface area contributed by atoms with E-state index in [2.05, 4.69) is 16.8 Å². The molecule has 0 saturated carbocycles. The van der Waals surface area contributed by atoms with Gasteiger partial charge in [0, 0.05) is 30.0 Å².